The number of aromatic amines is 1. The van der Waals surface area contributed by atoms with E-state index in [1.54, 1.807) is 0 Å². The van der Waals surface area contributed by atoms with Crippen molar-refractivity contribution in [1.82, 2.24) is 10.3 Å². The van der Waals surface area contributed by atoms with Crippen LogP contribution in [0.25, 0.3) is 10.9 Å². The highest BCUT2D eigenvalue weighted by molar-refractivity contribution is 9.10. The molecule has 0 radical (unpaired) electrons. The lowest BCUT2D eigenvalue weighted by molar-refractivity contribution is 0.781. The minimum Gasteiger partial charge on any atom is -0.358 e. The Morgan fingerprint density at radius 3 is 3.00 bits per heavy atom. The Morgan fingerprint density at radius 2 is 2.29 bits per heavy atom. The Kier molecular flexibility index (Phi) is 2.89. The molecule has 0 saturated carbocycles. The van der Waals surface area contributed by atoms with Crippen molar-refractivity contribution in [3.63, 3.8) is 0 Å². The first-order valence-corrected chi connectivity index (χ1v) is 5.51. The summed E-state index contributed by atoms with van der Waals surface area (Å²) in [4.78, 5) is 3.40. The van der Waals surface area contributed by atoms with Gasteiger partial charge in [0.2, 0.25) is 0 Å². The fourth-order valence-electron chi connectivity index (χ4n) is 1.57. The summed E-state index contributed by atoms with van der Waals surface area (Å²) < 4.78 is 1.15. The van der Waals surface area contributed by atoms with Crippen molar-refractivity contribution in [2.75, 3.05) is 13.6 Å². The van der Waals surface area contributed by atoms with Crippen molar-refractivity contribution >= 4 is 26.8 Å². The van der Waals surface area contributed by atoms with Crippen molar-refractivity contribution in [1.29, 1.82) is 0 Å². The van der Waals surface area contributed by atoms with Crippen LogP contribution in [0.2, 0.25) is 0 Å². The fraction of sp³-hybridized carbons (Fsp3) is 0.273. The Hall–Kier alpha value is -0.800. The quantitative estimate of drug-likeness (QED) is 0.864. The topological polar surface area (TPSA) is 27.8 Å². The molecule has 0 fully saturated rings. The molecule has 0 saturated heterocycles. The van der Waals surface area contributed by atoms with Gasteiger partial charge < -0.3 is 10.3 Å². The summed E-state index contributed by atoms with van der Waals surface area (Å²) in [7, 11) is 1.97. The van der Waals surface area contributed by atoms with E-state index in [9.17, 15) is 0 Å². The summed E-state index contributed by atoms with van der Waals surface area (Å²) in [6.07, 6.45) is 1.04. The molecule has 2 N–H and O–H groups in total. The zero-order valence-electron chi connectivity index (χ0n) is 8.10. The van der Waals surface area contributed by atoms with E-state index >= 15 is 0 Å². The number of likely N-dealkylation sites (N-methyl/N-ethyl adjacent to an activating group) is 1. The van der Waals surface area contributed by atoms with E-state index in [0.717, 1.165) is 17.4 Å². The maximum absolute atomic E-state index is 3.54. The molecule has 1 aromatic heterocycles. The highest BCUT2D eigenvalue weighted by Crippen LogP contribution is 2.24. The number of nitrogens with one attached hydrogen (secondary N) is 2. The van der Waals surface area contributed by atoms with E-state index in [0.29, 0.717) is 0 Å². The maximum Gasteiger partial charge on any atom is 0.0467 e. The molecule has 2 aromatic rings. The second-order valence-electron chi connectivity index (χ2n) is 3.35. The van der Waals surface area contributed by atoms with Gasteiger partial charge in [-0.3, -0.25) is 0 Å². The molecule has 14 heavy (non-hydrogen) atoms. The van der Waals surface area contributed by atoms with Gasteiger partial charge >= 0.3 is 0 Å². The summed E-state index contributed by atoms with van der Waals surface area (Å²) in [5.74, 6) is 0. The molecule has 0 unspecified atom stereocenters. The number of rotatable bonds is 3. The Bertz CT molecular complexity index is 434. The van der Waals surface area contributed by atoms with E-state index in [-0.39, 0.29) is 0 Å². The van der Waals surface area contributed by atoms with Crippen molar-refractivity contribution in [3.05, 3.63) is 34.4 Å². The van der Waals surface area contributed by atoms with Crippen LogP contribution in [0.4, 0.5) is 0 Å². The van der Waals surface area contributed by atoms with E-state index in [2.05, 4.69) is 44.4 Å². The minimum atomic E-state index is 1.00. The molecule has 0 aliphatic heterocycles. The lowest BCUT2D eigenvalue weighted by atomic mass is 10.2. The third kappa shape index (κ3) is 1.83. The van der Waals surface area contributed by atoms with Crippen LogP contribution in [0.3, 0.4) is 0 Å². The van der Waals surface area contributed by atoms with Crippen LogP contribution in [-0.2, 0) is 6.42 Å². The lowest BCUT2D eigenvalue weighted by Gasteiger charge is -1.94. The van der Waals surface area contributed by atoms with Gasteiger partial charge in [0.25, 0.3) is 0 Å². The molecular weight excluding hydrogens is 240 g/mol. The van der Waals surface area contributed by atoms with Gasteiger partial charge in [0.05, 0.1) is 0 Å². The number of hydrogen-bond donors (Lipinski definition) is 2. The molecule has 1 heterocycles. The fourth-order valence-corrected chi connectivity index (χ4v) is 2.05. The summed E-state index contributed by atoms with van der Waals surface area (Å²) in [5.41, 5.74) is 2.48. The molecule has 0 aliphatic rings. The van der Waals surface area contributed by atoms with Gasteiger partial charge in [-0.2, -0.15) is 0 Å². The predicted molar refractivity (Wildman–Crippen MR) is 63.6 cm³/mol. The smallest absolute Gasteiger partial charge is 0.0467 e. The molecular formula is C11H13BrN2. The van der Waals surface area contributed by atoms with Gasteiger partial charge in [0.15, 0.2) is 0 Å². The molecule has 3 heteroatoms. The van der Waals surface area contributed by atoms with Crippen LogP contribution in [0.15, 0.2) is 28.7 Å². The van der Waals surface area contributed by atoms with Crippen LogP contribution in [-0.4, -0.2) is 18.6 Å². The first kappa shape index (κ1) is 9.74. The van der Waals surface area contributed by atoms with E-state index < -0.39 is 0 Å². The number of fused-ring (bicyclic) bond motifs is 1. The highest BCUT2D eigenvalue weighted by Gasteiger charge is 2.02. The first-order chi connectivity index (χ1) is 6.81. The average molecular weight is 253 g/mol. The van der Waals surface area contributed by atoms with Crippen molar-refractivity contribution in [3.8, 4) is 0 Å². The largest absolute Gasteiger partial charge is 0.358 e. The van der Waals surface area contributed by atoms with Gasteiger partial charge in [-0.25, -0.2) is 0 Å². The van der Waals surface area contributed by atoms with E-state index in [1.165, 1.54) is 16.6 Å². The normalized spacial score (nSPS) is 11.0. The SMILES string of the molecule is CNCCc1cc2c(Br)cccc2[nH]1. The zero-order valence-corrected chi connectivity index (χ0v) is 9.69. The predicted octanol–water partition coefficient (Wildman–Crippen LogP) is 2.69. The monoisotopic (exact) mass is 252 g/mol. The Morgan fingerprint density at radius 1 is 1.43 bits per heavy atom. The molecule has 74 valence electrons. The summed E-state index contributed by atoms with van der Waals surface area (Å²) in [5, 5.41) is 4.41. The van der Waals surface area contributed by atoms with Gasteiger partial charge in [-0.1, -0.05) is 22.0 Å². The Labute approximate surface area is 91.8 Å². The van der Waals surface area contributed by atoms with Gasteiger partial charge in [-0.05, 0) is 31.7 Å². The van der Waals surface area contributed by atoms with E-state index in [1.807, 2.05) is 13.1 Å². The number of aromatic nitrogens is 1. The number of H-pyrrole nitrogens is 1. The lowest BCUT2D eigenvalue weighted by Crippen LogP contribution is -2.10. The van der Waals surface area contributed by atoms with Gasteiger partial charge in [0, 0.05) is 27.6 Å². The van der Waals surface area contributed by atoms with Crippen LogP contribution in [0.5, 0.6) is 0 Å². The first-order valence-electron chi connectivity index (χ1n) is 4.72. The second-order valence-corrected chi connectivity index (χ2v) is 4.20. The molecule has 0 aliphatic carbocycles. The van der Waals surface area contributed by atoms with Crippen LogP contribution in [0, 0.1) is 0 Å². The number of hydrogen-bond acceptors (Lipinski definition) is 1. The zero-order chi connectivity index (χ0) is 9.97. The van der Waals surface area contributed by atoms with Crippen LogP contribution in [0.1, 0.15) is 5.69 Å². The number of benzene rings is 1. The third-order valence-corrected chi connectivity index (χ3v) is 3.00. The Balaban J connectivity index is 2.36. The average Bonchev–Trinajstić information content (AvgIpc) is 2.59. The van der Waals surface area contributed by atoms with Gasteiger partial charge in [-0.15, -0.1) is 0 Å². The molecule has 1 aromatic carbocycles. The molecule has 0 bridgehead atoms. The molecule has 0 amide bonds. The van der Waals surface area contributed by atoms with Crippen LogP contribution >= 0.6 is 15.9 Å². The van der Waals surface area contributed by atoms with Crippen molar-refractivity contribution in [2.45, 2.75) is 6.42 Å². The summed E-state index contributed by atoms with van der Waals surface area (Å²) >= 11 is 3.54. The molecule has 0 spiro atoms. The maximum atomic E-state index is 3.54. The number of halogens is 1. The molecule has 0 atom stereocenters. The second kappa shape index (κ2) is 4.15. The van der Waals surface area contributed by atoms with Crippen molar-refractivity contribution < 1.29 is 0 Å². The highest BCUT2D eigenvalue weighted by atomic mass is 79.9. The van der Waals surface area contributed by atoms with Crippen LogP contribution < -0.4 is 5.32 Å². The van der Waals surface area contributed by atoms with Gasteiger partial charge in [0.1, 0.15) is 0 Å². The molecule has 2 rings (SSSR count). The molecule has 2 nitrogen and oxygen atoms in total. The minimum absolute atomic E-state index is 1.00. The summed E-state index contributed by atoms with van der Waals surface area (Å²) in [6.45, 7) is 1.00. The van der Waals surface area contributed by atoms with E-state index in [4.69, 9.17) is 0 Å². The summed E-state index contributed by atoms with van der Waals surface area (Å²) in [6, 6.07) is 8.42. The third-order valence-electron chi connectivity index (χ3n) is 2.31. The van der Waals surface area contributed by atoms with Crippen molar-refractivity contribution in [2.24, 2.45) is 0 Å². The standard InChI is InChI=1S/C11H13BrN2/c1-13-6-5-8-7-9-10(12)3-2-4-11(9)14-8/h2-4,7,13-14H,5-6H2,1H3.